The van der Waals surface area contributed by atoms with E-state index in [4.69, 9.17) is 19.9 Å². The minimum absolute atomic E-state index is 0.0207. The van der Waals surface area contributed by atoms with E-state index in [0.29, 0.717) is 12.8 Å². The molecule has 0 heterocycles. The lowest BCUT2D eigenvalue weighted by molar-refractivity contribution is -0.159. The van der Waals surface area contributed by atoms with Crippen molar-refractivity contribution in [1.29, 1.82) is 0 Å². The van der Waals surface area contributed by atoms with Crippen molar-refractivity contribution in [1.82, 2.24) is 26.6 Å². The predicted molar refractivity (Wildman–Crippen MR) is 280 cm³/mol. The zero-order valence-corrected chi connectivity index (χ0v) is 46.1. The third kappa shape index (κ3) is 28.8. The molecule has 17 heteroatoms. The fourth-order valence-corrected chi connectivity index (χ4v) is 7.89. The summed E-state index contributed by atoms with van der Waals surface area (Å²) in [5, 5.41) is 13.4. The smallest absolute Gasteiger partial charge is 0.328 e. The van der Waals surface area contributed by atoms with E-state index in [1.807, 2.05) is 71.9 Å². The third-order valence-electron chi connectivity index (χ3n) is 11.7. The monoisotopic (exact) mass is 1010 g/mol. The van der Waals surface area contributed by atoms with Crippen molar-refractivity contribution in [2.45, 2.75) is 241 Å². The zero-order chi connectivity index (χ0) is 54.6. The zero-order valence-electron chi connectivity index (χ0n) is 46.1. The van der Waals surface area contributed by atoms with Crippen LogP contribution in [0.4, 0.5) is 0 Å². The first-order valence-corrected chi connectivity index (χ1v) is 26.6. The molecule has 0 fully saturated rings. The highest BCUT2D eigenvalue weighted by Crippen LogP contribution is 2.18. The number of benzene rings is 1. The van der Waals surface area contributed by atoms with Crippen molar-refractivity contribution in [3.63, 3.8) is 0 Å². The van der Waals surface area contributed by atoms with Crippen LogP contribution in [-0.2, 0) is 59.2 Å². The second kappa shape index (κ2) is 34.4. The van der Waals surface area contributed by atoms with E-state index in [-0.39, 0.29) is 43.6 Å². The first-order valence-electron chi connectivity index (χ1n) is 26.6. The van der Waals surface area contributed by atoms with E-state index in [1.54, 1.807) is 34.6 Å². The Kier molecular flexibility index (Phi) is 31.0. The maximum atomic E-state index is 14.2. The van der Waals surface area contributed by atoms with Gasteiger partial charge in [-0.15, -0.1) is 0 Å². The van der Waals surface area contributed by atoms with Crippen molar-refractivity contribution in [2.75, 3.05) is 0 Å². The summed E-state index contributed by atoms with van der Waals surface area (Å²) in [5.41, 5.74) is 6.00. The number of carbonyl (C=O) groups excluding carboxylic acids is 8. The Labute approximate surface area is 431 Å². The first kappa shape index (κ1) is 65.0. The van der Waals surface area contributed by atoms with E-state index >= 15 is 0 Å². The van der Waals surface area contributed by atoms with Crippen LogP contribution in [0.5, 0.6) is 0 Å². The molecule has 0 aromatic heterocycles. The Morgan fingerprint density at radius 2 is 1.04 bits per heavy atom. The van der Waals surface area contributed by atoms with Crippen LogP contribution in [0.1, 0.15) is 192 Å². The van der Waals surface area contributed by atoms with Crippen LogP contribution in [0.25, 0.3) is 0 Å². The number of amides is 5. The molecule has 17 nitrogen and oxygen atoms in total. The van der Waals surface area contributed by atoms with Crippen LogP contribution in [0, 0.1) is 23.7 Å². The molecule has 0 saturated carbocycles. The van der Waals surface area contributed by atoms with Crippen LogP contribution in [-0.4, -0.2) is 95.4 Å². The number of hydrogen-bond donors (Lipinski definition) is 6. The highest BCUT2D eigenvalue weighted by Gasteiger charge is 2.36. The summed E-state index contributed by atoms with van der Waals surface area (Å²) in [7, 11) is 0. The van der Waals surface area contributed by atoms with Crippen LogP contribution in [0.3, 0.4) is 0 Å². The van der Waals surface area contributed by atoms with Crippen LogP contribution in [0.15, 0.2) is 30.3 Å². The minimum Gasteiger partial charge on any atom is -0.461 e. The summed E-state index contributed by atoms with van der Waals surface area (Å²) < 4.78 is 16.9. The van der Waals surface area contributed by atoms with Gasteiger partial charge in [0.1, 0.15) is 48.5 Å². The summed E-state index contributed by atoms with van der Waals surface area (Å²) in [4.78, 5) is 109. The van der Waals surface area contributed by atoms with Gasteiger partial charge >= 0.3 is 17.9 Å². The lowest BCUT2D eigenvalue weighted by Gasteiger charge is -2.29. The number of carbonyl (C=O) groups is 8. The molecule has 1 aromatic carbocycles. The SMILES string of the molecule is CCCCCCCCCCCC(CC(=O)OCc1ccccc1)OC(=O)[C@H](C)NC(=O)[C@@H](CC(C)C)NC(=O)[C@H](CC(=O)OC(C)(C)C)NC(=O)[C@@H](NC(=O)[C@@H](CC(C)C)NC(=O)[C@@H](N)CC(C)C)C(C)C. The molecule has 7 N–H and O–H groups in total. The Hall–Kier alpha value is -5.06. The summed E-state index contributed by atoms with van der Waals surface area (Å²) >= 11 is 0. The van der Waals surface area contributed by atoms with Gasteiger partial charge in [-0.05, 0) is 89.0 Å². The number of nitrogens with two attached hydrogens (primary N) is 1. The summed E-state index contributed by atoms with van der Waals surface area (Å²) in [6.07, 6.45) is 9.34. The molecule has 0 saturated heterocycles. The van der Waals surface area contributed by atoms with Gasteiger partial charge in [0.15, 0.2) is 0 Å². The van der Waals surface area contributed by atoms with Crippen molar-refractivity contribution in [2.24, 2.45) is 29.4 Å². The Bertz CT molecular complexity index is 1820. The third-order valence-corrected chi connectivity index (χ3v) is 11.7. The summed E-state index contributed by atoms with van der Waals surface area (Å²) in [6.45, 7) is 23.3. The molecular formula is C55H94N6O11. The molecule has 1 aromatic rings. The highest BCUT2D eigenvalue weighted by atomic mass is 16.6. The van der Waals surface area contributed by atoms with Gasteiger partial charge < -0.3 is 46.5 Å². The van der Waals surface area contributed by atoms with Crippen LogP contribution in [0.2, 0.25) is 0 Å². The molecule has 72 heavy (non-hydrogen) atoms. The van der Waals surface area contributed by atoms with E-state index in [0.717, 1.165) is 37.7 Å². The Morgan fingerprint density at radius 3 is 1.56 bits per heavy atom. The molecule has 0 radical (unpaired) electrons. The number of nitrogens with one attached hydrogen (secondary N) is 5. The first-order chi connectivity index (χ1) is 33.7. The van der Waals surface area contributed by atoms with Gasteiger partial charge in [-0.3, -0.25) is 33.6 Å². The van der Waals surface area contributed by atoms with Gasteiger partial charge in [0.25, 0.3) is 0 Å². The number of esters is 3. The van der Waals surface area contributed by atoms with Crippen molar-refractivity contribution >= 4 is 47.4 Å². The standard InChI is InChI=1S/C55H94N6O11/c1-14-15-16-17-18-19-20-21-25-28-41(32-46(62)70-34-40-26-23-22-24-27-40)71-54(69)39(10)57-50(65)43(30-36(4)5)59-51(66)45(33-47(63)72-55(11,12)13)60-53(68)48(38(8)9)61-52(67)44(31-37(6)7)58-49(64)42(56)29-35(2)3/h22-24,26-27,35-39,41-45,48H,14-21,25,28-34,56H2,1-13H3,(H,57,65)(H,58,64)(H,59,66)(H,60,68)(H,61,67)/t39-,41?,42-,43+,44+,45-,48-/m0/s1. The van der Waals surface area contributed by atoms with Crippen LogP contribution < -0.4 is 32.3 Å². The molecule has 7 atom stereocenters. The average Bonchev–Trinajstić information content (AvgIpc) is 3.27. The highest BCUT2D eigenvalue weighted by molar-refractivity contribution is 5.97. The number of unbranched alkanes of at least 4 members (excludes halogenated alkanes) is 8. The van der Waals surface area contributed by atoms with Gasteiger partial charge in [0, 0.05) is 0 Å². The topological polar surface area (TPSA) is 250 Å². The largest absolute Gasteiger partial charge is 0.461 e. The van der Waals surface area contributed by atoms with Gasteiger partial charge in [-0.2, -0.15) is 0 Å². The lowest BCUT2D eigenvalue weighted by atomic mass is 9.98. The average molecular weight is 1020 g/mol. The van der Waals surface area contributed by atoms with Crippen molar-refractivity contribution in [3.05, 3.63) is 35.9 Å². The fourth-order valence-electron chi connectivity index (χ4n) is 7.89. The maximum Gasteiger partial charge on any atom is 0.328 e. The molecular weight excluding hydrogens is 921 g/mol. The number of rotatable bonds is 35. The van der Waals surface area contributed by atoms with Crippen molar-refractivity contribution in [3.8, 4) is 0 Å². The second-order valence-corrected chi connectivity index (χ2v) is 22.0. The second-order valence-electron chi connectivity index (χ2n) is 22.0. The van der Waals surface area contributed by atoms with Gasteiger partial charge in [-0.1, -0.05) is 144 Å². The van der Waals surface area contributed by atoms with Gasteiger partial charge in [-0.25, -0.2) is 4.79 Å². The summed E-state index contributed by atoms with van der Waals surface area (Å²) in [5.74, 6) is -6.21. The van der Waals surface area contributed by atoms with Gasteiger partial charge in [0.05, 0.1) is 18.9 Å². The summed E-state index contributed by atoms with van der Waals surface area (Å²) in [6, 6.07) is 2.15. The Morgan fingerprint density at radius 1 is 0.556 bits per heavy atom. The van der Waals surface area contributed by atoms with E-state index in [2.05, 4.69) is 33.5 Å². The number of hydrogen-bond acceptors (Lipinski definition) is 12. The molecule has 5 amide bonds. The van der Waals surface area contributed by atoms with Gasteiger partial charge in [0.2, 0.25) is 29.5 Å². The predicted octanol–water partition coefficient (Wildman–Crippen LogP) is 7.25. The normalized spacial score (nSPS) is 14.6. The fraction of sp³-hybridized carbons (Fsp3) is 0.745. The van der Waals surface area contributed by atoms with E-state index in [1.165, 1.54) is 32.6 Å². The van der Waals surface area contributed by atoms with Crippen molar-refractivity contribution < 1.29 is 52.6 Å². The Balaban J connectivity index is 3.29. The minimum atomic E-state index is -1.57. The molecule has 0 spiro atoms. The molecule has 0 aliphatic heterocycles. The molecule has 0 aliphatic carbocycles. The van der Waals surface area contributed by atoms with E-state index < -0.39 is 108 Å². The molecule has 1 unspecified atom stereocenters. The van der Waals surface area contributed by atoms with E-state index in [9.17, 15) is 38.4 Å². The molecule has 410 valence electrons. The molecule has 0 bridgehead atoms. The van der Waals surface area contributed by atoms with Crippen LogP contribution >= 0.6 is 0 Å². The number of ether oxygens (including phenoxy) is 3. The molecule has 1 rings (SSSR count). The lowest BCUT2D eigenvalue weighted by Crippen LogP contribution is -2.60. The quantitative estimate of drug-likeness (QED) is 0.0224. The maximum absolute atomic E-state index is 14.2. The molecule has 0 aliphatic rings.